The van der Waals surface area contributed by atoms with Gasteiger partial charge in [0.15, 0.2) is 0 Å². The van der Waals surface area contributed by atoms with Crippen LogP contribution in [0.5, 0.6) is 0 Å². The molecule has 280 valence electrons. The first-order valence-electron chi connectivity index (χ1n) is 16.5. The lowest BCUT2D eigenvalue weighted by molar-refractivity contribution is -0.460. The molecule has 17 N–H and O–H groups in total. The predicted molar refractivity (Wildman–Crippen MR) is 190 cm³/mol. The van der Waals surface area contributed by atoms with Crippen LogP contribution in [0.1, 0.15) is 51.5 Å². The van der Waals surface area contributed by atoms with E-state index < -0.39 is 66.4 Å². The van der Waals surface area contributed by atoms with Crippen molar-refractivity contribution in [1.29, 1.82) is 0 Å². The van der Waals surface area contributed by atoms with Gasteiger partial charge in [0.05, 0.1) is 32.2 Å². The minimum atomic E-state index is -1.10. The average molecular weight is 717 g/mol. The Kier molecular flexibility index (Phi) is 16.8. The average Bonchev–Trinajstić information content (AvgIpc) is 3.04. The Morgan fingerprint density at radius 3 is 2.02 bits per heavy atom. The molecular formula is C32H52N12O7+2. The summed E-state index contributed by atoms with van der Waals surface area (Å²) in [6.45, 7) is 5.30. The summed E-state index contributed by atoms with van der Waals surface area (Å²) in [4.78, 5) is 81.6. The van der Waals surface area contributed by atoms with Gasteiger partial charge in [-0.1, -0.05) is 13.8 Å². The molecule has 3 atom stereocenters. The number of hydrogen-bond acceptors (Lipinski definition) is 8. The quantitative estimate of drug-likeness (QED) is 0.0264. The van der Waals surface area contributed by atoms with Crippen molar-refractivity contribution in [3.8, 4) is 0 Å². The topological polar surface area (TPSA) is 334 Å². The molecule has 19 heteroatoms. The van der Waals surface area contributed by atoms with Crippen LogP contribution in [0.4, 0.5) is 5.69 Å². The molecule has 0 radical (unpaired) electrons. The highest BCUT2D eigenvalue weighted by Crippen LogP contribution is 2.20. The van der Waals surface area contributed by atoms with Gasteiger partial charge in [-0.25, -0.2) is 4.79 Å². The molecule has 2 rings (SSSR count). The summed E-state index contributed by atoms with van der Waals surface area (Å²) < 4.78 is 5.19. The third-order valence-corrected chi connectivity index (χ3v) is 7.43. The molecule has 19 nitrogen and oxygen atoms in total. The molecule has 1 aromatic carbocycles. The van der Waals surface area contributed by atoms with Gasteiger partial charge < -0.3 is 36.7 Å². The Bertz CT molecular complexity index is 1650. The Balaban J connectivity index is 1.99. The molecule has 2 aromatic rings. The number of hydrogen-bond donors (Lipinski definition) is 12. The second-order valence-electron chi connectivity index (χ2n) is 12.4. The van der Waals surface area contributed by atoms with Crippen LogP contribution in [0.2, 0.25) is 0 Å². The monoisotopic (exact) mass is 716 g/mol. The molecule has 0 aliphatic rings. The maximum Gasteiger partial charge on any atom is 0.338 e. The fourth-order valence-electron chi connectivity index (χ4n) is 4.89. The van der Waals surface area contributed by atoms with Gasteiger partial charge >= 0.3 is 17.5 Å². The van der Waals surface area contributed by atoms with Crippen LogP contribution in [0.25, 0.3) is 11.0 Å². The second kappa shape index (κ2) is 20.7. The first-order valence-corrected chi connectivity index (χ1v) is 16.5. The third-order valence-electron chi connectivity index (χ3n) is 7.43. The highest BCUT2D eigenvalue weighted by molar-refractivity contribution is 5.97. The van der Waals surface area contributed by atoms with Gasteiger partial charge in [-0.2, -0.15) is 0 Å². The highest BCUT2D eigenvalue weighted by atomic mass is 16.4. The van der Waals surface area contributed by atoms with Crippen molar-refractivity contribution >= 4 is 58.1 Å². The van der Waals surface area contributed by atoms with Crippen LogP contribution < -0.4 is 70.9 Å². The molecule has 0 aliphatic heterocycles. The highest BCUT2D eigenvalue weighted by Gasteiger charge is 2.29. The summed E-state index contributed by atoms with van der Waals surface area (Å²) in [6.07, 6.45) is 1.54. The number of carbonyl (C=O) groups is 5. The molecule has 51 heavy (non-hydrogen) atoms. The maximum absolute atomic E-state index is 13.4. The summed E-state index contributed by atoms with van der Waals surface area (Å²) >= 11 is 0. The standard InChI is InChI=1S/C32H50N12O7/c1-17(2)12-23(44-28(48)21(33)6-4-10-38-31(34)35)30(50)43-22(7-5-11-39-32(36)37)29(49)41-15-25(45)40-16-26(46)42-19-8-9-20-18(3)13-27(47)51-24(20)14-19/h8-9,13-14,17,21-23H,4-7,10-12,15-16,33H2,1-3H3,(H,40,45)(H,41,49)(H,42,46)(H,43,50)(H,44,48)(H4,34,35,38)(H4,36,37,39)/p+2/t21-,22-,23+/m0/s1. The Morgan fingerprint density at radius 2 is 1.39 bits per heavy atom. The number of fused-ring (bicyclic) bond motifs is 1. The Hall–Kier alpha value is -5.72. The van der Waals surface area contributed by atoms with Crippen molar-refractivity contribution in [3.63, 3.8) is 0 Å². The SMILES string of the molecule is Cc1cc(=O)oc2cc(NC(=O)CNC(=O)CNC(=O)[C@H](CCC[NH+]=C(N)N)NC(=O)[C@@H](CC(C)C)NC(=O)[C@@H](N)CCC[NH+]=C(N)N)ccc12. The molecule has 0 saturated heterocycles. The van der Waals surface area contributed by atoms with Gasteiger partial charge in [-0.3, -0.25) is 56.9 Å². The molecule has 0 saturated carbocycles. The Morgan fingerprint density at radius 1 is 0.784 bits per heavy atom. The van der Waals surface area contributed by atoms with Crippen molar-refractivity contribution in [3.05, 3.63) is 40.2 Å². The van der Waals surface area contributed by atoms with E-state index in [1.165, 1.54) is 12.1 Å². The molecule has 0 unspecified atom stereocenters. The lowest BCUT2D eigenvalue weighted by Gasteiger charge is -2.25. The van der Waals surface area contributed by atoms with Crippen LogP contribution in [0, 0.1) is 12.8 Å². The number of amides is 5. The lowest BCUT2D eigenvalue weighted by Crippen LogP contribution is -2.78. The fraction of sp³-hybridized carbons (Fsp3) is 0.500. The normalized spacial score (nSPS) is 12.6. The number of guanidine groups is 2. The van der Waals surface area contributed by atoms with E-state index in [4.69, 9.17) is 33.1 Å². The summed E-state index contributed by atoms with van der Waals surface area (Å²) in [5, 5.41) is 13.5. The fourth-order valence-corrected chi connectivity index (χ4v) is 4.89. The van der Waals surface area contributed by atoms with Crippen molar-refractivity contribution in [2.45, 2.75) is 71.0 Å². The summed E-state index contributed by atoms with van der Waals surface area (Å²) in [5.41, 5.74) is 28.5. The van der Waals surface area contributed by atoms with Crippen molar-refractivity contribution in [2.75, 3.05) is 31.5 Å². The van der Waals surface area contributed by atoms with E-state index in [0.717, 1.165) is 5.56 Å². The van der Waals surface area contributed by atoms with E-state index in [9.17, 15) is 28.8 Å². The van der Waals surface area contributed by atoms with Gasteiger partial charge in [0.2, 0.25) is 29.5 Å². The first kappa shape index (κ1) is 41.5. The molecule has 0 fully saturated rings. The number of carbonyl (C=O) groups excluding carboxylic acids is 5. The summed E-state index contributed by atoms with van der Waals surface area (Å²) in [6, 6.07) is 3.18. The van der Waals surface area contributed by atoms with Crippen LogP contribution in [0.15, 0.2) is 33.5 Å². The zero-order chi connectivity index (χ0) is 38.1. The largest absolute Gasteiger partial charge is 0.423 e. The molecular weight excluding hydrogens is 664 g/mol. The van der Waals surface area contributed by atoms with E-state index in [-0.39, 0.29) is 30.7 Å². The van der Waals surface area contributed by atoms with Gasteiger partial charge in [-0.15, -0.1) is 0 Å². The van der Waals surface area contributed by atoms with Gasteiger partial charge in [0.1, 0.15) is 17.7 Å². The van der Waals surface area contributed by atoms with E-state index in [0.29, 0.717) is 49.0 Å². The van der Waals surface area contributed by atoms with E-state index in [1.54, 1.807) is 19.1 Å². The van der Waals surface area contributed by atoms with Gasteiger partial charge in [0, 0.05) is 23.2 Å². The maximum atomic E-state index is 13.4. The number of benzene rings is 1. The molecule has 0 spiro atoms. The minimum Gasteiger partial charge on any atom is -0.423 e. The smallest absolute Gasteiger partial charge is 0.338 e. The van der Waals surface area contributed by atoms with E-state index in [1.807, 2.05) is 13.8 Å². The van der Waals surface area contributed by atoms with E-state index >= 15 is 0 Å². The number of nitrogens with one attached hydrogen (secondary N) is 7. The number of nitrogens with two attached hydrogens (primary N) is 5. The Labute approximate surface area is 295 Å². The van der Waals surface area contributed by atoms with Crippen LogP contribution >= 0.6 is 0 Å². The number of anilines is 1. The van der Waals surface area contributed by atoms with Crippen molar-refractivity contribution < 1.29 is 38.4 Å². The van der Waals surface area contributed by atoms with Crippen molar-refractivity contribution in [1.82, 2.24) is 21.3 Å². The molecule has 0 bridgehead atoms. The van der Waals surface area contributed by atoms with Crippen molar-refractivity contribution in [2.24, 2.45) is 34.6 Å². The van der Waals surface area contributed by atoms with Crippen LogP contribution in [-0.2, 0) is 24.0 Å². The zero-order valence-corrected chi connectivity index (χ0v) is 29.2. The molecule has 0 aliphatic carbocycles. The third kappa shape index (κ3) is 15.6. The van der Waals surface area contributed by atoms with E-state index in [2.05, 4.69) is 36.6 Å². The molecule has 5 amide bonds. The number of aryl methyl sites for hydroxylation is 1. The summed E-state index contributed by atoms with van der Waals surface area (Å²) in [5.74, 6) is -3.02. The molecule has 1 heterocycles. The number of rotatable bonds is 20. The van der Waals surface area contributed by atoms with Crippen LogP contribution in [-0.4, -0.2) is 85.8 Å². The first-order chi connectivity index (χ1) is 24.0. The lowest BCUT2D eigenvalue weighted by atomic mass is 10.0. The minimum absolute atomic E-state index is 0.00360. The second-order valence-corrected chi connectivity index (χ2v) is 12.4. The molecule has 1 aromatic heterocycles. The zero-order valence-electron chi connectivity index (χ0n) is 29.2. The van der Waals surface area contributed by atoms with Gasteiger partial charge in [0.25, 0.3) is 0 Å². The predicted octanol–water partition coefficient (Wildman–Crippen LogP) is -6.12. The van der Waals surface area contributed by atoms with Gasteiger partial charge in [-0.05, 0) is 62.6 Å². The summed E-state index contributed by atoms with van der Waals surface area (Å²) in [7, 11) is 0. The van der Waals surface area contributed by atoms with Crippen LogP contribution in [0.3, 0.4) is 0 Å².